The quantitative estimate of drug-likeness (QED) is 0.756. The Labute approximate surface area is 98.9 Å². The van der Waals surface area contributed by atoms with Gasteiger partial charge in [-0.1, -0.05) is 17.7 Å². The SMILES string of the molecule is Cc1ccc(S(=O)(=O)ON=C2OCCO2)cc1. The van der Waals surface area contributed by atoms with Crippen LogP contribution in [-0.2, 0) is 23.9 Å². The van der Waals surface area contributed by atoms with E-state index in [4.69, 9.17) is 9.47 Å². The minimum Gasteiger partial charge on any atom is -0.445 e. The van der Waals surface area contributed by atoms with Crippen molar-refractivity contribution in [2.45, 2.75) is 11.8 Å². The monoisotopic (exact) mass is 257 g/mol. The van der Waals surface area contributed by atoms with Crippen molar-refractivity contribution in [1.29, 1.82) is 0 Å². The fourth-order valence-electron chi connectivity index (χ4n) is 1.18. The lowest BCUT2D eigenvalue weighted by Crippen LogP contribution is -2.06. The second kappa shape index (κ2) is 4.62. The maximum Gasteiger partial charge on any atom is 0.423 e. The topological polar surface area (TPSA) is 74.2 Å². The molecule has 92 valence electrons. The molecule has 0 saturated carbocycles. The molecule has 0 amide bonds. The third-order valence-corrected chi connectivity index (χ3v) is 3.17. The van der Waals surface area contributed by atoms with Gasteiger partial charge in [-0.15, -0.1) is 0 Å². The van der Waals surface area contributed by atoms with Crippen molar-refractivity contribution in [2.75, 3.05) is 13.2 Å². The number of hydrogen-bond donors (Lipinski definition) is 0. The van der Waals surface area contributed by atoms with Gasteiger partial charge < -0.3 is 9.47 Å². The van der Waals surface area contributed by atoms with Gasteiger partial charge in [0, 0.05) is 5.16 Å². The number of hydrogen-bond acceptors (Lipinski definition) is 6. The van der Waals surface area contributed by atoms with Crippen LogP contribution in [0.25, 0.3) is 0 Å². The first kappa shape index (κ1) is 11.7. The summed E-state index contributed by atoms with van der Waals surface area (Å²) in [6.07, 6.45) is -0.166. The summed E-state index contributed by atoms with van der Waals surface area (Å²) in [5.41, 5.74) is 0.956. The highest BCUT2D eigenvalue weighted by molar-refractivity contribution is 7.86. The van der Waals surface area contributed by atoms with Crippen molar-refractivity contribution < 1.29 is 22.2 Å². The van der Waals surface area contributed by atoms with Gasteiger partial charge in [-0.2, -0.15) is 8.42 Å². The lowest BCUT2D eigenvalue weighted by atomic mass is 10.2. The Hall–Kier alpha value is -1.76. The lowest BCUT2D eigenvalue weighted by molar-refractivity contribution is 0.266. The van der Waals surface area contributed by atoms with Crippen LogP contribution in [0.1, 0.15) is 5.56 Å². The molecule has 1 aromatic carbocycles. The van der Waals surface area contributed by atoms with Gasteiger partial charge in [0.2, 0.25) is 0 Å². The Morgan fingerprint density at radius 1 is 1.18 bits per heavy atom. The molecule has 0 spiro atoms. The van der Waals surface area contributed by atoms with Gasteiger partial charge in [-0.3, -0.25) is 4.28 Å². The van der Waals surface area contributed by atoms with Crippen molar-refractivity contribution >= 4 is 16.2 Å². The van der Waals surface area contributed by atoms with E-state index in [1.54, 1.807) is 12.1 Å². The molecule has 0 N–H and O–H groups in total. The Morgan fingerprint density at radius 2 is 1.76 bits per heavy atom. The van der Waals surface area contributed by atoms with Crippen molar-refractivity contribution in [1.82, 2.24) is 0 Å². The number of rotatable bonds is 3. The Morgan fingerprint density at radius 3 is 2.35 bits per heavy atom. The second-order valence-electron chi connectivity index (χ2n) is 3.40. The number of benzene rings is 1. The average Bonchev–Trinajstić information content (AvgIpc) is 2.80. The first-order valence-electron chi connectivity index (χ1n) is 4.92. The van der Waals surface area contributed by atoms with Gasteiger partial charge in [0.25, 0.3) is 0 Å². The van der Waals surface area contributed by atoms with Crippen molar-refractivity contribution in [3.05, 3.63) is 29.8 Å². The fraction of sp³-hybridized carbons (Fsp3) is 0.300. The van der Waals surface area contributed by atoms with Gasteiger partial charge in [-0.25, -0.2) is 0 Å². The molecule has 1 aliphatic heterocycles. The van der Waals surface area contributed by atoms with Crippen LogP contribution in [0.3, 0.4) is 0 Å². The molecule has 1 saturated heterocycles. The maximum atomic E-state index is 11.7. The van der Waals surface area contributed by atoms with Gasteiger partial charge in [0.05, 0.1) is 0 Å². The Bertz CT molecular complexity index is 512. The standard InChI is InChI=1S/C10H11NO5S/c1-8-2-4-9(5-3-8)17(12,13)16-11-10-14-6-7-15-10/h2-5H,6-7H2,1H3. The van der Waals surface area contributed by atoms with E-state index in [2.05, 4.69) is 9.44 Å². The normalized spacial score (nSPS) is 15.0. The molecule has 0 radical (unpaired) electrons. The predicted octanol–water partition coefficient (Wildman–Crippen LogP) is 1.02. The molecule has 7 heteroatoms. The number of aryl methyl sites for hydroxylation is 1. The minimum absolute atomic E-state index is 0.0328. The first-order valence-corrected chi connectivity index (χ1v) is 6.33. The highest BCUT2D eigenvalue weighted by Crippen LogP contribution is 2.13. The summed E-state index contributed by atoms with van der Waals surface area (Å²) in [6.45, 7) is 2.54. The molecule has 0 unspecified atom stereocenters. The zero-order valence-corrected chi connectivity index (χ0v) is 9.94. The molecule has 0 atom stereocenters. The molecule has 1 aliphatic rings. The summed E-state index contributed by atoms with van der Waals surface area (Å²) in [7, 11) is -3.91. The molecule has 0 aliphatic carbocycles. The summed E-state index contributed by atoms with van der Waals surface area (Å²) in [5, 5.41) is 3.28. The third-order valence-electron chi connectivity index (χ3n) is 2.05. The number of oxime groups is 1. The molecule has 1 heterocycles. The van der Waals surface area contributed by atoms with Crippen LogP contribution >= 0.6 is 0 Å². The first-order chi connectivity index (χ1) is 8.08. The third kappa shape index (κ3) is 2.88. The van der Waals surface area contributed by atoms with E-state index < -0.39 is 10.1 Å². The average molecular weight is 257 g/mol. The van der Waals surface area contributed by atoms with Crippen LogP contribution in [0.4, 0.5) is 0 Å². The highest BCUT2D eigenvalue weighted by atomic mass is 32.2. The fourth-order valence-corrected chi connectivity index (χ4v) is 1.89. The lowest BCUT2D eigenvalue weighted by Gasteiger charge is -2.01. The largest absolute Gasteiger partial charge is 0.445 e. The molecule has 1 fully saturated rings. The number of ether oxygens (including phenoxy) is 2. The van der Waals surface area contributed by atoms with Crippen molar-refractivity contribution in [2.24, 2.45) is 5.16 Å². The summed E-state index contributed by atoms with van der Waals surface area (Å²) >= 11 is 0. The molecule has 0 aromatic heterocycles. The molecular formula is C10H11NO5S. The molecular weight excluding hydrogens is 246 g/mol. The summed E-state index contributed by atoms with van der Waals surface area (Å²) < 4.78 is 37.5. The summed E-state index contributed by atoms with van der Waals surface area (Å²) in [5.74, 6) is 0. The summed E-state index contributed by atoms with van der Waals surface area (Å²) in [6, 6.07) is 6.24. The van der Waals surface area contributed by atoms with E-state index in [0.29, 0.717) is 13.2 Å². The van der Waals surface area contributed by atoms with Crippen LogP contribution < -0.4 is 0 Å². The summed E-state index contributed by atoms with van der Waals surface area (Å²) in [4.78, 5) is 0.0328. The predicted molar refractivity (Wildman–Crippen MR) is 58.8 cm³/mol. The Balaban J connectivity index is 2.13. The van der Waals surface area contributed by atoms with Gasteiger partial charge in [-0.05, 0) is 19.1 Å². The smallest absolute Gasteiger partial charge is 0.423 e. The second-order valence-corrected chi connectivity index (χ2v) is 4.92. The van der Waals surface area contributed by atoms with Crippen molar-refractivity contribution in [3.8, 4) is 0 Å². The molecule has 2 rings (SSSR count). The van der Waals surface area contributed by atoms with Crippen LogP contribution in [0, 0.1) is 6.92 Å². The molecule has 6 nitrogen and oxygen atoms in total. The molecule has 0 bridgehead atoms. The molecule has 17 heavy (non-hydrogen) atoms. The van der Waals surface area contributed by atoms with E-state index in [1.807, 2.05) is 6.92 Å². The highest BCUT2D eigenvalue weighted by Gasteiger charge is 2.18. The van der Waals surface area contributed by atoms with E-state index in [0.717, 1.165) is 5.56 Å². The maximum absolute atomic E-state index is 11.7. The zero-order chi connectivity index (χ0) is 12.3. The van der Waals surface area contributed by atoms with Crippen LogP contribution in [0.2, 0.25) is 0 Å². The van der Waals surface area contributed by atoms with E-state index in [-0.39, 0.29) is 11.0 Å². The van der Waals surface area contributed by atoms with Crippen molar-refractivity contribution in [3.63, 3.8) is 0 Å². The van der Waals surface area contributed by atoms with Gasteiger partial charge in [0.15, 0.2) is 0 Å². The van der Waals surface area contributed by atoms with Gasteiger partial charge in [0.1, 0.15) is 18.1 Å². The minimum atomic E-state index is -3.91. The number of nitrogens with zero attached hydrogens (tertiary/aromatic N) is 1. The van der Waals surface area contributed by atoms with E-state index >= 15 is 0 Å². The van der Waals surface area contributed by atoms with Crippen LogP contribution in [0.5, 0.6) is 0 Å². The Kier molecular flexibility index (Phi) is 3.19. The van der Waals surface area contributed by atoms with Gasteiger partial charge >= 0.3 is 16.2 Å². The van der Waals surface area contributed by atoms with E-state index in [1.165, 1.54) is 12.1 Å². The zero-order valence-electron chi connectivity index (χ0n) is 9.12. The van der Waals surface area contributed by atoms with Crippen LogP contribution in [0.15, 0.2) is 34.3 Å². The molecule has 1 aromatic rings. The van der Waals surface area contributed by atoms with E-state index in [9.17, 15) is 8.42 Å². The van der Waals surface area contributed by atoms with Crippen LogP contribution in [-0.4, -0.2) is 27.7 Å².